The van der Waals surface area contributed by atoms with Gasteiger partial charge in [0.25, 0.3) is 0 Å². The number of hydrogen-bond donors (Lipinski definition) is 2. The molecule has 0 saturated carbocycles. The SMILES string of the molecule is Cn1ccc2cc(-c3cc(NCc4cccc(C(N)=O)c4)cc4nccnc34)ccc21. The van der Waals surface area contributed by atoms with Crippen LogP contribution < -0.4 is 11.1 Å². The highest BCUT2D eigenvalue weighted by Gasteiger charge is 2.11. The number of fused-ring (bicyclic) bond motifs is 2. The van der Waals surface area contributed by atoms with Crippen LogP contribution in [0.15, 0.2) is 79.3 Å². The van der Waals surface area contributed by atoms with Gasteiger partial charge in [-0.05, 0) is 53.6 Å². The summed E-state index contributed by atoms with van der Waals surface area (Å²) in [6.45, 7) is 0.560. The molecular weight excluding hydrogens is 386 g/mol. The van der Waals surface area contributed by atoms with Gasteiger partial charge in [-0.25, -0.2) is 0 Å². The van der Waals surface area contributed by atoms with Crippen LogP contribution in [-0.2, 0) is 13.6 Å². The number of amides is 1. The quantitative estimate of drug-likeness (QED) is 0.449. The first-order chi connectivity index (χ1) is 15.1. The largest absolute Gasteiger partial charge is 0.381 e. The minimum Gasteiger partial charge on any atom is -0.381 e. The molecule has 5 aromatic rings. The summed E-state index contributed by atoms with van der Waals surface area (Å²) in [5.41, 5.74) is 12.8. The average molecular weight is 407 g/mol. The maximum absolute atomic E-state index is 11.5. The van der Waals surface area contributed by atoms with Crippen molar-refractivity contribution in [2.24, 2.45) is 12.8 Å². The number of anilines is 1. The van der Waals surface area contributed by atoms with E-state index in [0.717, 1.165) is 33.4 Å². The molecule has 0 radical (unpaired) electrons. The molecule has 3 N–H and O–H groups in total. The van der Waals surface area contributed by atoms with Crippen LogP contribution in [-0.4, -0.2) is 20.4 Å². The summed E-state index contributed by atoms with van der Waals surface area (Å²) in [7, 11) is 2.04. The molecule has 31 heavy (non-hydrogen) atoms. The Kier molecular flexibility index (Phi) is 4.59. The lowest BCUT2D eigenvalue weighted by atomic mass is 10.0. The molecule has 2 heterocycles. The Morgan fingerprint density at radius 1 is 1.03 bits per heavy atom. The number of aryl methyl sites for hydroxylation is 1. The van der Waals surface area contributed by atoms with Crippen molar-refractivity contribution in [2.75, 3.05) is 5.32 Å². The van der Waals surface area contributed by atoms with Gasteiger partial charge in [-0.1, -0.05) is 18.2 Å². The van der Waals surface area contributed by atoms with Gasteiger partial charge in [0, 0.05) is 59.9 Å². The fourth-order valence-electron chi connectivity index (χ4n) is 3.88. The van der Waals surface area contributed by atoms with Crippen LogP contribution in [0.2, 0.25) is 0 Å². The number of aromatic nitrogens is 3. The van der Waals surface area contributed by atoms with Crippen LogP contribution in [0.1, 0.15) is 15.9 Å². The standard InChI is InChI=1S/C25H21N5O/c1-30-10-7-18-12-17(5-6-23(18)30)21-13-20(14-22-24(21)28-9-8-27-22)29-15-16-3-2-4-19(11-16)25(26)31/h2-14,29H,15H2,1H3,(H2,26,31). The molecular formula is C25H21N5O. The maximum Gasteiger partial charge on any atom is 0.248 e. The van der Waals surface area contributed by atoms with Crippen molar-refractivity contribution in [3.63, 3.8) is 0 Å². The van der Waals surface area contributed by atoms with Crippen LogP contribution in [0.5, 0.6) is 0 Å². The lowest BCUT2D eigenvalue weighted by Gasteiger charge is -2.12. The number of benzene rings is 3. The van der Waals surface area contributed by atoms with Gasteiger partial charge < -0.3 is 15.6 Å². The van der Waals surface area contributed by atoms with Gasteiger partial charge in [-0.2, -0.15) is 0 Å². The Morgan fingerprint density at radius 3 is 2.77 bits per heavy atom. The third kappa shape index (κ3) is 3.59. The predicted molar refractivity (Wildman–Crippen MR) is 124 cm³/mol. The number of nitrogens with two attached hydrogens (primary N) is 1. The van der Waals surface area contributed by atoms with E-state index in [4.69, 9.17) is 5.73 Å². The highest BCUT2D eigenvalue weighted by Crippen LogP contribution is 2.32. The molecule has 0 aliphatic heterocycles. The highest BCUT2D eigenvalue weighted by atomic mass is 16.1. The number of hydrogen-bond acceptors (Lipinski definition) is 4. The van der Waals surface area contributed by atoms with E-state index in [2.05, 4.69) is 56.4 Å². The van der Waals surface area contributed by atoms with Gasteiger partial charge in [-0.3, -0.25) is 14.8 Å². The molecule has 0 saturated heterocycles. The summed E-state index contributed by atoms with van der Waals surface area (Å²) in [6, 6.07) is 19.9. The van der Waals surface area contributed by atoms with Gasteiger partial charge in [-0.15, -0.1) is 0 Å². The number of carbonyl (C=O) groups excluding carboxylic acids is 1. The van der Waals surface area contributed by atoms with Crippen LogP contribution in [0, 0.1) is 0 Å². The van der Waals surface area contributed by atoms with E-state index >= 15 is 0 Å². The second kappa shape index (κ2) is 7.57. The van der Waals surface area contributed by atoms with E-state index < -0.39 is 5.91 Å². The van der Waals surface area contributed by atoms with E-state index in [1.165, 1.54) is 10.9 Å². The van der Waals surface area contributed by atoms with E-state index in [-0.39, 0.29) is 0 Å². The van der Waals surface area contributed by atoms with Crippen molar-refractivity contribution in [2.45, 2.75) is 6.54 Å². The summed E-state index contributed by atoms with van der Waals surface area (Å²) < 4.78 is 2.11. The molecule has 6 nitrogen and oxygen atoms in total. The molecule has 0 bridgehead atoms. The van der Waals surface area contributed by atoms with Gasteiger partial charge in [0.1, 0.15) is 0 Å². The molecule has 0 unspecified atom stereocenters. The van der Waals surface area contributed by atoms with Crippen molar-refractivity contribution in [1.82, 2.24) is 14.5 Å². The van der Waals surface area contributed by atoms with Crippen LogP contribution in [0.3, 0.4) is 0 Å². The smallest absolute Gasteiger partial charge is 0.248 e. The Morgan fingerprint density at radius 2 is 1.90 bits per heavy atom. The molecule has 0 fully saturated rings. The Hall–Kier alpha value is -4.19. The zero-order chi connectivity index (χ0) is 21.4. The highest BCUT2D eigenvalue weighted by molar-refractivity contribution is 5.97. The molecule has 1 amide bonds. The van der Waals surface area contributed by atoms with E-state index in [1.54, 1.807) is 24.5 Å². The van der Waals surface area contributed by atoms with Gasteiger partial charge in [0.15, 0.2) is 0 Å². The molecule has 2 aromatic heterocycles. The number of nitrogens with one attached hydrogen (secondary N) is 1. The first-order valence-corrected chi connectivity index (χ1v) is 10.0. The molecule has 3 aromatic carbocycles. The molecule has 152 valence electrons. The zero-order valence-electron chi connectivity index (χ0n) is 17.0. The average Bonchev–Trinajstić information content (AvgIpc) is 3.17. The summed E-state index contributed by atoms with van der Waals surface area (Å²) in [4.78, 5) is 20.6. The second-order valence-electron chi connectivity index (χ2n) is 7.57. The van der Waals surface area contributed by atoms with Gasteiger partial charge in [0.2, 0.25) is 5.91 Å². The normalized spacial score (nSPS) is 11.1. The fourth-order valence-corrected chi connectivity index (χ4v) is 3.88. The summed E-state index contributed by atoms with van der Waals surface area (Å²) in [5.74, 6) is -0.429. The van der Waals surface area contributed by atoms with E-state index in [1.807, 2.05) is 25.2 Å². The third-order valence-corrected chi connectivity index (χ3v) is 5.48. The van der Waals surface area contributed by atoms with Crippen LogP contribution in [0.25, 0.3) is 33.1 Å². The minimum absolute atomic E-state index is 0.429. The van der Waals surface area contributed by atoms with E-state index in [9.17, 15) is 4.79 Å². The first-order valence-electron chi connectivity index (χ1n) is 10.0. The molecule has 0 aliphatic rings. The summed E-state index contributed by atoms with van der Waals surface area (Å²) in [6.07, 6.45) is 5.48. The minimum atomic E-state index is -0.429. The lowest BCUT2D eigenvalue weighted by molar-refractivity contribution is 0.1000. The number of nitrogens with zero attached hydrogens (tertiary/aromatic N) is 3. The predicted octanol–water partition coefficient (Wildman–Crippen LogP) is 4.50. The molecule has 6 heteroatoms. The molecule has 0 aliphatic carbocycles. The topological polar surface area (TPSA) is 85.8 Å². The number of primary amides is 1. The van der Waals surface area contributed by atoms with Crippen LogP contribution in [0.4, 0.5) is 5.69 Å². The van der Waals surface area contributed by atoms with Crippen molar-refractivity contribution >= 4 is 33.5 Å². The van der Waals surface area contributed by atoms with Gasteiger partial charge >= 0.3 is 0 Å². The first kappa shape index (κ1) is 18.8. The number of carbonyl (C=O) groups is 1. The summed E-state index contributed by atoms with van der Waals surface area (Å²) in [5, 5.41) is 4.63. The van der Waals surface area contributed by atoms with Crippen molar-refractivity contribution < 1.29 is 4.79 Å². The van der Waals surface area contributed by atoms with Crippen molar-refractivity contribution in [3.05, 3.63) is 90.4 Å². The second-order valence-corrected chi connectivity index (χ2v) is 7.57. The van der Waals surface area contributed by atoms with Gasteiger partial charge in [0.05, 0.1) is 11.0 Å². The molecule has 5 rings (SSSR count). The monoisotopic (exact) mass is 407 g/mol. The Labute approximate surface area is 179 Å². The zero-order valence-corrected chi connectivity index (χ0v) is 17.0. The van der Waals surface area contributed by atoms with Crippen molar-refractivity contribution in [3.8, 4) is 11.1 Å². The van der Waals surface area contributed by atoms with E-state index in [0.29, 0.717) is 12.1 Å². The Balaban J connectivity index is 1.54. The van der Waals surface area contributed by atoms with Crippen molar-refractivity contribution in [1.29, 1.82) is 0 Å². The molecule has 0 spiro atoms. The third-order valence-electron chi connectivity index (χ3n) is 5.48. The summed E-state index contributed by atoms with van der Waals surface area (Å²) >= 11 is 0. The number of rotatable bonds is 5. The fraction of sp³-hybridized carbons (Fsp3) is 0.0800. The van der Waals surface area contributed by atoms with Crippen LogP contribution >= 0.6 is 0 Å². The molecule has 0 atom stereocenters. The Bertz CT molecular complexity index is 1440. The maximum atomic E-state index is 11.5. The lowest BCUT2D eigenvalue weighted by Crippen LogP contribution is -2.11.